The number of carbonyl (C=O) groups is 1. The molecule has 0 amide bonds. The smallest absolute Gasteiger partial charge is 0.313 e. The molecule has 6 heteroatoms. The molecule has 0 N–H and O–H groups in total. The Kier molecular flexibility index (Phi) is 2.40. The fourth-order valence-corrected chi connectivity index (χ4v) is 1.36. The van der Waals surface area contributed by atoms with E-state index in [2.05, 4.69) is 4.98 Å². The van der Waals surface area contributed by atoms with Crippen molar-refractivity contribution >= 4 is 27.9 Å². The lowest BCUT2D eigenvalue weighted by Crippen LogP contribution is -1.87. The largest absolute Gasteiger partial charge is 0.434 e. The molecular weight excluding hydrogens is 228 g/mol. The first-order valence-corrected chi connectivity index (χ1v) is 4.35. The van der Waals surface area contributed by atoms with Gasteiger partial charge in [0.25, 0.3) is 11.1 Å². The van der Waals surface area contributed by atoms with Crippen LogP contribution in [0.4, 0.5) is 8.78 Å². The van der Waals surface area contributed by atoms with Crippen molar-refractivity contribution in [2.75, 3.05) is 0 Å². The maximum absolute atomic E-state index is 12.3. The summed E-state index contributed by atoms with van der Waals surface area (Å²) in [4.78, 5) is 14.5. The van der Waals surface area contributed by atoms with Gasteiger partial charge >= 0.3 is 6.43 Å². The van der Waals surface area contributed by atoms with Gasteiger partial charge in [-0.15, -0.1) is 0 Å². The van der Waals surface area contributed by atoms with Crippen LogP contribution in [0.3, 0.4) is 0 Å². The molecule has 2 rings (SSSR count). The van der Waals surface area contributed by atoms with Gasteiger partial charge in [-0.1, -0.05) is 6.07 Å². The van der Waals surface area contributed by atoms with E-state index in [-0.39, 0.29) is 16.7 Å². The van der Waals surface area contributed by atoms with Crippen molar-refractivity contribution in [1.29, 1.82) is 0 Å². The van der Waals surface area contributed by atoms with Gasteiger partial charge < -0.3 is 4.42 Å². The Balaban J connectivity index is 2.70. The Morgan fingerprint density at radius 2 is 2.20 bits per heavy atom. The number of carbonyl (C=O) groups excluding carboxylic acids is 1. The van der Waals surface area contributed by atoms with Crippen molar-refractivity contribution in [3.05, 3.63) is 29.7 Å². The average molecular weight is 232 g/mol. The standard InChI is InChI=1S/C9H4ClF2NO2/c10-7(14)4-2-1-3-5-6(4)15-9(13-5)8(11)12/h1-3,8H. The lowest BCUT2D eigenvalue weighted by molar-refractivity contribution is 0.107. The molecule has 0 aliphatic heterocycles. The van der Waals surface area contributed by atoms with Crippen molar-refractivity contribution in [3.63, 3.8) is 0 Å². The minimum atomic E-state index is -2.81. The van der Waals surface area contributed by atoms with E-state index in [1.54, 1.807) is 0 Å². The van der Waals surface area contributed by atoms with Gasteiger partial charge in [-0.05, 0) is 23.7 Å². The first-order valence-electron chi connectivity index (χ1n) is 3.97. The fraction of sp³-hybridized carbons (Fsp3) is 0.111. The number of hydrogen-bond donors (Lipinski definition) is 0. The molecule has 0 unspecified atom stereocenters. The molecule has 0 radical (unpaired) electrons. The Bertz CT molecular complexity index is 524. The highest BCUT2D eigenvalue weighted by atomic mass is 35.5. The highest BCUT2D eigenvalue weighted by Crippen LogP contribution is 2.26. The van der Waals surface area contributed by atoms with Gasteiger partial charge in [-0.25, -0.2) is 4.98 Å². The van der Waals surface area contributed by atoms with Gasteiger partial charge in [-0.3, -0.25) is 4.79 Å². The molecule has 0 aliphatic rings. The predicted molar refractivity (Wildman–Crippen MR) is 49.1 cm³/mol. The monoisotopic (exact) mass is 231 g/mol. The highest BCUT2D eigenvalue weighted by molar-refractivity contribution is 6.68. The molecule has 1 heterocycles. The normalized spacial score (nSPS) is 11.2. The maximum Gasteiger partial charge on any atom is 0.313 e. The Labute approximate surface area is 87.7 Å². The minimum Gasteiger partial charge on any atom is -0.434 e. The predicted octanol–water partition coefficient (Wildman–Crippen LogP) is 3.14. The van der Waals surface area contributed by atoms with E-state index in [0.29, 0.717) is 0 Å². The Hall–Kier alpha value is -1.49. The van der Waals surface area contributed by atoms with Crippen molar-refractivity contribution in [3.8, 4) is 0 Å². The number of aromatic nitrogens is 1. The Morgan fingerprint density at radius 3 is 2.80 bits per heavy atom. The number of nitrogens with zero attached hydrogens (tertiary/aromatic N) is 1. The van der Waals surface area contributed by atoms with E-state index >= 15 is 0 Å². The van der Waals surface area contributed by atoms with Gasteiger partial charge in [0.2, 0.25) is 0 Å². The van der Waals surface area contributed by atoms with Crippen molar-refractivity contribution < 1.29 is 18.0 Å². The van der Waals surface area contributed by atoms with Crippen LogP contribution in [-0.4, -0.2) is 10.2 Å². The molecule has 1 aromatic carbocycles. The Morgan fingerprint density at radius 1 is 1.47 bits per heavy atom. The van der Waals surface area contributed by atoms with Crippen molar-refractivity contribution in [2.24, 2.45) is 0 Å². The van der Waals surface area contributed by atoms with Gasteiger partial charge in [0.05, 0.1) is 5.56 Å². The summed E-state index contributed by atoms with van der Waals surface area (Å²) in [6.07, 6.45) is -2.81. The van der Waals surface area contributed by atoms with Crippen LogP contribution in [-0.2, 0) is 0 Å². The second-order valence-corrected chi connectivity index (χ2v) is 3.12. The molecule has 3 nitrogen and oxygen atoms in total. The number of halogens is 3. The number of benzene rings is 1. The first-order chi connectivity index (χ1) is 7.09. The molecule has 0 fully saturated rings. The third kappa shape index (κ3) is 1.70. The number of alkyl halides is 2. The average Bonchev–Trinajstić information content (AvgIpc) is 2.60. The second-order valence-electron chi connectivity index (χ2n) is 2.78. The molecular formula is C9H4ClF2NO2. The summed E-state index contributed by atoms with van der Waals surface area (Å²) in [6, 6.07) is 4.35. The van der Waals surface area contributed by atoms with Crippen LogP contribution in [0.25, 0.3) is 11.1 Å². The van der Waals surface area contributed by atoms with E-state index in [1.165, 1.54) is 18.2 Å². The lowest BCUT2D eigenvalue weighted by Gasteiger charge is -1.92. The van der Waals surface area contributed by atoms with Crippen LogP contribution >= 0.6 is 11.6 Å². The van der Waals surface area contributed by atoms with E-state index in [1.807, 2.05) is 0 Å². The summed E-state index contributed by atoms with van der Waals surface area (Å²) in [5.74, 6) is -0.713. The zero-order chi connectivity index (χ0) is 11.0. The summed E-state index contributed by atoms with van der Waals surface area (Å²) in [6.45, 7) is 0. The van der Waals surface area contributed by atoms with E-state index in [4.69, 9.17) is 16.0 Å². The molecule has 1 aromatic heterocycles. The number of rotatable bonds is 2. The van der Waals surface area contributed by atoms with Gasteiger partial charge in [0, 0.05) is 0 Å². The van der Waals surface area contributed by atoms with Crippen LogP contribution in [0.2, 0.25) is 0 Å². The van der Waals surface area contributed by atoms with E-state index in [9.17, 15) is 13.6 Å². The van der Waals surface area contributed by atoms with Crippen LogP contribution in [0.5, 0.6) is 0 Å². The summed E-state index contributed by atoms with van der Waals surface area (Å²) in [5.41, 5.74) is 0.221. The molecule has 0 bridgehead atoms. The van der Waals surface area contributed by atoms with Crippen LogP contribution in [0.15, 0.2) is 22.6 Å². The summed E-state index contributed by atoms with van der Waals surface area (Å²) < 4.78 is 29.3. The van der Waals surface area contributed by atoms with Crippen LogP contribution in [0, 0.1) is 0 Å². The number of oxazole rings is 1. The highest BCUT2D eigenvalue weighted by Gasteiger charge is 2.18. The van der Waals surface area contributed by atoms with Gasteiger partial charge in [0.1, 0.15) is 5.52 Å². The number of fused-ring (bicyclic) bond motifs is 1. The minimum absolute atomic E-state index is 0.00667. The zero-order valence-electron chi connectivity index (χ0n) is 7.21. The molecule has 2 aromatic rings. The summed E-state index contributed by atoms with van der Waals surface area (Å²) in [7, 11) is 0. The van der Waals surface area contributed by atoms with Crippen molar-refractivity contribution in [2.45, 2.75) is 6.43 Å². The third-order valence-corrected chi connectivity index (χ3v) is 2.03. The molecule has 15 heavy (non-hydrogen) atoms. The molecule has 0 saturated carbocycles. The summed E-state index contributed by atoms with van der Waals surface area (Å²) in [5, 5.41) is -0.766. The molecule has 0 aliphatic carbocycles. The SMILES string of the molecule is O=C(Cl)c1cccc2nc(C(F)F)oc12. The first kappa shape index (κ1) is 10.0. The van der Waals surface area contributed by atoms with Gasteiger partial charge in [0.15, 0.2) is 5.58 Å². The number of para-hydroxylation sites is 1. The third-order valence-electron chi connectivity index (χ3n) is 1.83. The summed E-state index contributed by atoms with van der Waals surface area (Å²) >= 11 is 5.26. The van der Waals surface area contributed by atoms with Crippen molar-refractivity contribution in [1.82, 2.24) is 4.98 Å². The fourth-order valence-electron chi connectivity index (χ4n) is 1.21. The topological polar surface area (TPSA) is 43.1 Å². The number of hydrogen-bond acceptors (Lipinski definition) is 3. The molecule has 0 atom stereocenters. The second kappa shape index (κ2) is 3.58. The zero-order valence-corrected chi connectivity index (χ0v) is 7.96. The maximum atomic E-state index is 12.3. The molecule has 78 valence electrons. The van der Waals surface area contributed by atoms with E-state index < -0.39 is 17.6 Å². The van der Waals surface area contributed by atoms with Gasteiger partial charge in [-0.2, -0.15) is 8.78 Å². The molecule has 0 spiro atoms. The van der Waals surface area contributed by atoms with Crippen LogP contribution < -0.4 is 0 Å². The lowest BCUT2D eigenvalue weighted by atomic mass is 10.2. The quantitative estimate of drug-likeness (QED) is 0.746. The van der Waals surface area contributed by atoms with E-state index in [0.717, 1.165) is 0 Å². The molecule has 0 saturated heterocycles. The van der Waals surface area contributed by atoms with Crippen LogP contribution in [0.1, 0.15) is 22.7 Å².